The van der Waals surface area contributed by atoms with E-state index in [0.717, 1.165) is 52.9 Å². The molecule has 6 heterocycles. The van der Waals surface area contributed by atoms with Crippen LogP contribution in [0.2, 0.25) is 0 Å². The summed E-state index contributed by atoms with van der Waals surface area (Å²) >= 11 is 0. The second kappa shape index (κ2) is 17.0. The zero-order valence-corrected chi connectivity index (χ0v) is 32.0. The Bertz CT molecular complexity index is 2380. The Morgan fingerprint density at radius 1 is 0.729 bits per heavy atom. The third kappa shape index (κ3) is 8.50. The molecule has 4 aromatic heterocycles. The van der Waals surface area contributed by atoms with E-state index in [-0.39, 0.29) is 36.7 Å². The molecule has 0 spiro atoms. The molecule has 20 heteroatoms. The molecule has 0 saturated carbocycles. The number of methoxy groups -OCH3 is 1. The molecular weight excluding hydrogens is 761 g/mol. The number of likely N-dealkylation sites (tertiary alicyclic amines) is 2. The number of aromatic amines is 4. The zero-order valence-electron chi connectivity index (χ0n) is 32.0. The van der Waals surface area contributed by atoms with Crippen molar-refractivity contribution in [1.82, 2.24) is 65.9 Å². The van der Waals surface area contributed by atoms with Crippen LogP contribution in [0.25, 0.3) is 33.6 Å². The van der Waals surface area contributed by atoms with Crippen LogP contribution in [0.5, 0.6) is 0 Å². The first-order valence-corrected chi connectivity index (χ1v) is 19.2. The summed E-state index contributed by atoms with van der Waals surface area (Å²) in [5, 5.41) is 23.3. The van der Waals surface area contributed by atoms with Gasteiger partial charge in [-0.3, -0.25) is 9.59 Å². The number of carbonyl (C=O) groups is 4. The third-order valence-corrected chi connectivity index (χ3v) is 10.7. The van der Waals surface area contributed by atoms with Gasteiger partial charge in [0.1, 0.15) is 17.7 Å². The minimum absolute atomic E-state index is 0.0419. The molecule has 2 saturated heterocycles. The van der Waals surface area contributed by atoms with Crippen molar-refractivity contribution in [2.45, 2.75) is 62.8 Å². The van der Waals surface area contributed by atoms with Gasteiger partial charge < -0.3 is 40.3 Å². The van der Waals surface area contributed by atoms with Crippen LogP contribution < -0.4 is 11.1 Å². The van der Waals surface area contributed by atoms with Crippen LogP contribution in [-0.2, 0) is 31.9 Å². The maximum atomic E-state index is 13.8. The Morgan fingerprint density at radius 3 is 1.69 bits per heavy atom. The summed E-state index contributed by atoms with van der Waals surface area (Å²) in [5.41, 5.74) is 11.8. The van der Waals surface area contributed by atoms with Crippen LogP contribution in [0.3, 0.4) is 0 Å². The number of nitrogens with zero attached hydrogens (tertiary/aromatic N) is 8. The van der Waals surface area contributed by atoms with Crippen molar-refractivity contribution in [3.05, 3.63) is 96.4 Å². The highest BCUT2D eigenvalue weighted by molar-refractivity contribution is 5.86. The number of aromatic nitrogens is 10. The number of nitrogens with one attached hydrogen (secondary N) is 5. The van der Waals surface area contributed by atoms with Gasteiger partial charge in [0, 0.05) is 25.9 Å². The maximum Gasteiger partial charge on any atom is 0.407 e. The van der Waals surface area contributed by atoms with Gasteiger partial charge in [-0.05, 0) is 47.9 Å². The summed E-state index contributed by atoms with van der Waals surface area (Å²) in [6.45, 7) is 1.01. The molecule has 20 nitrogen and oxygen atoms in total. The third-order valence-electron chi connectivity index (χ3n) is 10.7. The molecule has 0 aliphatic carbocycles. The Morgan fingerprint density at radius 2 is 1.22 bits per heavy atom. The first kappa shape index (κ1) is 38.5. The van der Waals surface area contributed by atoms with Gasteiger partial charge in [0.2, 0.25) is 5.91 Å². The molecule has 59 heavy (non-hydrogen) atoms. The number of primary amides is 1. The van der Waals surface area contributed by atoms with Crippen LogP contribution >= 0.6 is 0 Å². The van der Waals surface area contributed by atoms with Gasteiger partial charge in [-0.15, -0.1) is 0 Å². The number of H-pyrrole nitrogens is 4. The van der Waals surface area contributed by atoms with Crippen LogP contribution in [0.1, 0.15) is 60.8 Å². The number of hydrogen-bond donors (Lipinski definition) is 6. The van der Waals surface area contributed by atoms with Crippen molar-refractivity contribution in [3.63, 3.8) is 0 Å². The quantitative estimate of drug-likeness (QED) is 0.0981. The Balaban J connectivity index is 0.912. The molecule has 4 atom stereocenters. The first-order valence-electron chi connectivity index (χ1n) is 19.2. The van der Waals surface area contributed by atoms with Crippen molar-refractivity contribution in [2.24, 2.45) is 5.73 Å². The molecule has 2 aliphatic rings. The lowest BCUT2D eigenvalue weighted by Crippen LogP contribution is -2.49. The molecule has 2 aliphatic heterocycles. The van der Waals surface area contributed by atoms with E-state index in [9.17, 15) is 19.2 Å². The molecule has 7 N–H and O–H groups in total. The van der Waals surface area contributed by atoms with Crippen LogP contribution in [0, 0.1) is 0 Å². The van der Waals surface area contributed by atoms with Gasteiger partial charge in [0.25, 0.3) is 5.91 Å². The van der Waals surface area contributed by atoms with Gasteiger partial charge in [-0.25, -0.2) is 19.6 Å². The van der Waals surface area contributed by atoms with Crippen molar-refractivity contribution < 1.29 is 28.7 Å². The van der Waals surface area contributed by atoms with E-state index >= 15 is 0 Å². The summed E-state index contributed by atoms with van der Waals surface area (Å²) in [6.07, 6.45) is 6.79. The number of amides is 4. The van der Waals surface area contributed by atoms with E-state index in [2.05, 4.69) is 56.1 Å². The number of rotatable bonds is 13. The van der Waals surface area contributed by atoms with Crippen LogP contribution in [-0.4, -0.2) is 117 Å². The van der Waals surface area contributed by atoms with Gasteiger partial charge in [0.05, 0.1) is 66.8 Å². The summed E-state index contributed by atoms with van der Waals surface area (Å²) in [7, 11) is 1.25. The fraction of sp³-hybridized carbons (Fsp3) is 0.333. The van der Waals surface area contributed by atoms with E-state index in [4.69, 9.17) is 15.2 Å². The highest BCUT2D eigenvalue weighted by atomic mass is 16.6. The molecule has 304 valence electrons. The molecule has 2 fully saturated rings. The average Bonchev–Trinajstić information content (AvgIpc) is 4.11. The van der Waals surface area contributed by atoms with E-state index in [1.54, 1.807) is 22.2 Å². The summed E-state index contributed by atoms with van der Waals surface area (Å²) in [5.74, 6) is 0.685. The number of imidazole rings is 2. The standard InChI is InChI=1S/C39H42N14O6/c1-58-39(57)47-28(16-26-18-43-50-48-26)36(54)52-14-2-4-31(52)34-41-20-29(45-34)24-10-6-22(7-11-24)23-8-12-25(13-9-23)30-21-42-35(46-30)32-5-3-15-53(32)37(55)33(59-38(40)56)17-27-19-44-51-49-27/h6-13,18-21,28,31-33H,2-5,14-17H2,1H3,(H2,40,56)(H,41,45)(H,42,46)(H,47,57)(H,43,48,50)(H,44,49,51)/t28-,31?,32-,33-/m0/s1. The lowest BCUT2D eigenvalue weighted by molar-refractivity contribution is -0.141. The molecule has 4 amide bonds. The van der Waals surface area contributed by atoms with Gasteiger partial charge in [0.15, 0.2) is 6.10 Å². The molecule has 0 bridgehead atoms. The first-order chi connectivity index (χ1) is 28.7. The van der Waals surface area contributed by atoms with E-state index in [0.29, 0.717) is 42.5 Å². The number of nitrogens with two attached hydrogens (primary N) is 1. The van der Waals surface area contributed by atoms with Crippen LogP contribution in [0.4, 0.5) is 9.59 Å². The topological polar surface area (TPSA) is 272 Å². The molecule has 8 rings (SSSR count). The fourth-order valence-electron chi connectivity index (χ4n) is 7.77. The SMILES string of the molecule is COC(=O)N[C@@H](Cc1cn[nH]n1)C(=O)N1CCCC1c1ncc(-c2ccc(-c3ccc(-c4cnc([C@@H]5CCCN5C(=O)[C@H](Cc5cn[nH]n5)OC(N)=O)[nH]4)cc3)cc2)[nH]1. The molecular formula is C39H42N14O6. The molecule has 2 aromatic carbocycles. The number of carbonyl (C=O) groups excluding carboxylic acids is 4. The average molecular weight is 803 g/mol. The lowest BCUT2D eigenvalue weighted by atomic mass is 10.0. The second-order valence-corrected chi connectivity index (χ2v) is 14.3. The van der Waals surface area contributed by atoms with Crippen molar-refractivity contribution in [3.8, 4) is 33.6 Å². The fourth-order valence-corrected chi connectivity index (χ4v) is 7.77. The normalized spacial score (nSPS) is 17.4. The number of alkyl carbamates (subject to hydrolysis) is 1. The predicted molar refractivity (Wildman–Crippen MR) is 208 cm³/mol. The summed E-state index contributed by atoms with van der Waals surface area (Å²) < 4.78 is 9.97. The van der Waals surface area contributed by atoms with Crippen molar-refractivity contribution in [1.29, 1.82) is 0 Å². The molecule has 0 radical (unpaired) electrons. The van der Waals surface area contributed by atoms with E-state index < -0.39 is 24.3 Å². The smallest absolute Gasteiger partial charge is 0.407 e. The van der Waals surface area contributed by atoms with Gasteiger partial charge in [-0.2, -0.15) is 30.8 Å². The summed E-state index contributed by atoms with van der Waals surface area (Å²) in [6, 6.07) is 14.7. The lowest BCUT2D eigenvalue weighted by Gasteiger charge is -2.27. The minimum Gasteiger partial charge on any atom is -0.453 e. The van der Waals surface area contributed by atoms with Crippen molar-refractivity contribution >= 4 is 24.0 Å². The maximum absolute atomic E-state index is 13.8. The number of hydrogen-bond acceptors (Lipinski definition) is 12. The highest BCUT2D eigenvalue weighted by Crippen LogP contribution is 2.35. The Kier molecular flexibility index (Phi) is 11.1. The van der Waals surface area contributed by atoms with Gasteiger partial charge >= 0.3 is 12.2 Å². The highest BCUT2D eigenvalue weighted by Gasteiger charge is 2.38. The van der Waals surface area contributed by atoms with E-state index in [1.807, 2.05) is 48.5 Å². The van der Waals surface area contributed by atoms with E-state index in [1.165, 1.54) is 19.5 Å². The zero-order chi connectivity index (χ0) is 40.9. The van der Waals surface area contributed by atoms with Crippen molar-refractivity contribution in [2.75, 3.05) is 20.2 Å². The number of ether oxygens (including phenoxy) is 2. The molecule has 6 aromatic rings. The van der Waals surface area contributed by atoms with Crippen LogP contribution in [0.15, 0.2) is 73.3 Å². The largest absolute Gasteiger partial charge is 0.453 e. The predicted octanol–water partition coefficient (Wildman–Crippen LogP) is 3.37. The second-order valence-electron chi connectivity index (χ2n) is 14.3. The minimum atomic E-state index is -1.14. The van der Waals surface area contributed by atoms with Gasteiger partial charge in [-0.1, -0.05) is 48.5 Å². The monoisotopic (exact) mass is 802 g/mol. The molecule has 1 unspecified atom stereocenters. The Labute approximate surface area is 336 Å². The Hall–Kier alpha value is -7.38. The number of benzene rings is 2. The summed E-state index contributed by atoms with van der Waals surface area (Å²) in [4.78, 5) is 70.6.